The lowest BCUT2D eigenvalue weighted by Crippen LogP contribution is -2.52. The smallest absolute Gasteiger partial charge is 0.0944 e. The van der Waals surface area contributed by atoms with Crippen LogP contribution >= 0.6 is 11.8 Å². The number of anilines is 1. The van der Waals surface area contributed by atoms with Gasteiger partial charge in [-0.15, -0.1) is 11.8 Å². The summed E-state index contributed by atoms with van der Waals surface area (Å²) in [6.07, 6.45) is -0.108. The van der Waals surface area contributed by atoms with E-state index in [2.05, 4.69) is 44.8 Å². The molecule has 0 spiro atoms. The number of thioether (sulfide) groups is 1. The number of para-hydroxylation sites is 1. The molecule has 22 heavy (non-hydrogen) atoms. The van der Waals surface area contributed by atoms with Crippen LogP contribution in [0.1, 0.15) is 11.1 Å². The number of likely N-dealkylation sites (tertiary alicyclic amines) is 1. The first kappa shape index (κ1) is 14.4. The van der Waals surface area contributed by atoms with Crippen molar-refractivity contribution in [3.63, 3.8) is 0 Å². The van der Waals surface area contributed by atoms with Gasteiger partial charge in [-0.2, -0.15) is 0 Å². The van der Waals surface area contributed by atoms with Crippen molar-refractivity contribution in [3.05, 3.63) is 30.0 Å². The molecular formula is C16H22N4OS. The molecule has 0 radical (unpaired) electrons. The zero-order valence-corrected chi connectivity index (χ0v) is 13.5. The number of aliphatic hydroxyl groups is 1. The first-order chi connectivity index (χ1) is 10.7. The summed E-state index contributed by atoms with van der Waals surface area (Å²) in [6.45, 7) is 3.75. The molecule has 0 saturated carbocycles. The molecule has 1 aromatic heterocycles. The standard InChI is InChI=1S/C16H22N4OS/c1-17-13-4-2-3-10-5-14(19-15(10)13)16-18-6-12(22-16)9-20-7-11(21)8-20/h2-5,11-12,16-19,21H,6-9H2,1H3. The highest BCUT2D eigenvalue weighted by Crippen LogP contribution is 2.37. The first-order valence-electron chi connectivity index (χ1n) is 7.81. The second-order valence-corrected chi connectivity index (χ2v) is 7.57. The number of hydrogen-bond donors (Lipinski definition) is 4. The van der Waals surface area contributed by atoms with Crippen LogP contribution in [0.3, 0.4) is 0 Å². The van der Waals surface area contributed by atoms with Crippen LogP contribution in [0.25, 0.3) is 10.9 Å². The first-order valence-corrected chi connectivity index (χ1v) is 8.76. The van der Waals surface area contributed by atoms with Crippen LogP contribution in [0, 0.1) is 0 Å². The van der Waals surface area contributed by atoms with E-state index in [-0.39, 0.29) is 6.10 Å². The molecule has 2 aliphatic rings. The molecule has 0 amide bonds. The number of β-amino-alcohol motifs (C(OH)–C–C–N with tert-alkyl or cyclic N) is 1. The van der Waals surface area contributed by atoms with Gasteiger partial charge in [-0.05, 0) is 12.1 Å². The number of aliphatic hydroxyl groups excluding tert-OH is 1. The van der Waals surface area contributed by atoms with Gasteiger partial charge < -0.3 is 15.4 Å². The normalized spacial score (nSPS) is 26.5. The zero-order valence-electron chi connectivity index (χ0n) is 12.7. The Morgan fingerprint density at radius 3 is 3.05 bits per heavy atom. The Balaban J connectivity index is 1.46. The summed E-state index contributed by atoms with van der Waals surface area (Å²) < 4.78 is 0. The third-order valence-electron chi connectivity index (χ3n) is 4.49. The maximum absolute atomic E-state index is 9.38. The van der Waals surface area contributed by atoms with Crippen molar-refractivity contribution in [1.29, 1.82) is 0 Å². The third kappa shape index (κ3) is 2.60. The number of aromatic amines is 1. The van der Waals surface area contributed by atoms with Gasteiger partial charge >= 0.3 is 0 Å². The van der Waals surface area contributed by atoms with Crippen LogP contribution in [-0.4, -0.2) is 59.6 Å². The fourth-order valence-corrected chi connectivity index (χ4v) is 4.67. The summed E-state index contributed by atoms with van der Waals surface area (Å²) in [7, 11) is 1.95. The number of hydrogen-bond acceptors (Lipinski definition) is 5. The van der Waals surface area contributed by atoms with Gasteiger partial charge in [0.2, 0.25) is 0 Å². The van der Waals surface area contributed by atoms with Gasteiger partial charge in [0.05, 0.1) is 22.7 Å². The van der Waals surface area contributed by atoms with E-state index in [1.807, 2.05) is 18.8 Å². The quantitative estimate of drug-likeness (QED) is 0.690. The highest BCUT2D eigenvalue weighted by molar-refractivity contribution is 8.00. The number of benzene rings is 1. The van der Waals surface area contributed by atoms with Crippen LogP contribution < -0.4 is 10.6 Å². The van der Waals surface area contributed by atoms with Gasteiger partial charge in [0.15, 0.2) is 0 Å². The maximum atomic E-state index is 9.38. The van der Waals surface area contributed by atoms with E-state index in [4.69, 9.17) is 0 Å². The minimum Gasteiger partial charge on any atom is -0.390 e. The molecule has 0 aliphatic carbocycles. The largest absolute Gasteiger partial charge is 0.390 e. The van der Waals surface area contributed by atoms with E-state index >= 15 is 0 Å². The van der Waals surface area contributed by atoms with Gasteiger partial charge in [-0.25, -0.2) is 0 Å². The van der Waals surface area contributed by atoms with E-state index < -0.39 is 0 Å². The van der Waals surface area contributed by atoms with Crippen molar-refractivity contribution in [2.24, 2.45) is 0 Å². The summed E-state index contributed by atoms with van der Waals surface area (Å²) in [5.74, 6) is 0. The van der Waals surface area contributed by atoms with Crippen molar-refractivity contribution in [1.82, 2.24) is 15.2 Å². The van der Waals surface area contributed by atoms with Gasteiger partial charge in [0.25, 0.3) is 0 Å². The Hall–Kier alpha value is -1.21. The monoisotopic (exact) mass is 318 g/mol. The van der Waals surface area contributed by atoms with E-state index in [1.54, 1.807) is 0 Å². The molecule has 3 heterocycles. The molecule has 4 rings (SSSR count). The maximum Gasteiger partial charge on any atom is 0.0944 e. The number of fused-ring (bicyclic) bond motifs is 1. The van der Waals surface area contributed by atoms with Gasteiger partial charge in [-0.3, -0.25) is 10.2 Å². The highest BCUT2D eigenvalue weighted by Gasteiger charge is 2.32. The molecule has 5 nitrogen and oxygen atoms in total. The molecule has 2 aliphatic heterocycles. The molecule has 4 N–H and O–H groups in total. The molecule has 1 aromatic carbocycles. The number of nitrogens with zero attached hydrogens (tertiary/aromatic N) is 1. The van der Waals surface area contributed by atoms with Crippen molar-refractivity contribution in [2.75, 3.05) is 38.5 Å². The topological polar surface area (TPSA) is 63.3 Å². The molecular weight excluding hydrogens is 296 g/mol. The molecule has 2 fully saturated rings. The SMILES string of the molecule is CNc1cccc2cc(C3NCC(CN4CC(O)C4)S3)[nH]c12. The Morgan fingerprint density at radius 1 is 1.41 bits per heavy atom. The van der Waals surface area contributed by atoms with Crippen LogP contribution in [0.5, 0.6) is 0 Å². The third-order valence-corrected chi connectivity index (χ3v) is 5.88. The van der Waals surface area contributed by atoms with E-state index in [0.717, 1.165) is 31.9 Å². The number of nitrogens with one attached hydrogen (secondary N) is 3. The molecule has 6 heteroatoms. The van der Waals surface area contributed by atoms with Crippen LogP contribution in [0.4, 0.5) is 5.69 Å². The fourth-order valence-electron chi connectivity index (χ4n) is 3.33. The van der Waals surface area contributed by atoms with Crippen molar-refractivity contribution in [3.8, 4) is 0 Å². The van der Waals surface area contributed by atoms with Gasteiger partial charge in [0, 0.05) is 49.6 Å². The summed E-state index contributed by atoms with van der Waals surface area (Å²) in [5, 5.41) is 18.4. The average molecular weight is 318 g/mol. The summed E-state index contributed by atoms with van der Waals surface area (Å²) in [6, 6.07) is 8.57. The van der Waals surface area contributed by atoms with Crippen molar-refractivity contribution in [2.45, 2.75) is 16.7 Å². The number of H-pyrrole nitrogens is 1. The Morgan fingerprint density at radius 2 is 2.27 bits per heavy atom. The highest BCUT2D eigenvalue weighted by atomic mass is 32.2. The molecule has 118 valence electrons. The van der Waals surface area contributed by atoms with Gasteiger partial charge in [0.1, 0.15) is 0 Å². The lowest BCUT2D eigenvalue weighted by atomic mass is 10.1. The number of aromatic nitrogens is 1. The lowest BCUT2D eigenvalue weighted by molar-refractivity contribution is 0.00309. The summed E-state index contributed by atoms with van der Waals surface area (Å²) >= 11 is 1.99. The average Bonchev–Trinajstić information content (AvgIpc) is 3.11. The fraction of sp³-hybridized carbons (Fsp3) is 0.500. The van der Waals surface area contributed by atoms with Crippen molar-refractivity contribution < 1.29 is 5.11 Å². The minimum atomic E-state index is -0.108. The molecule has 2 aromatic rings. The summed E-state index contributed by atoms with van der Waals surface area (Å²) in [5.41, 5.74) is 3.56. The number of rotatable bonds is 4. The Bertz CT molecular complexity index is 667. The van der Waals surface area contributed by atoms with Crippen LogP contribution in [0.15, 0.2) is 24.3 Å². The lowest BCUT2D eigenvalue weighted by Gasteiger charge is -2.37. The second kappa shape index (κ2) is 5.77. The predicted molar refractivity (Wildman–Crippen MR) is 92.4 cm³/mol. The van der Waals surface area contributed by atoms with Crippen LogP contribution in [-0.2, 0) is 0 Å². The predicted octanol–water partition coefficient (Wildman–Crippen LogP) is 1.59. The molecule has 2 unspecified atom stereocenters. The Kier molecular flexibility index (Phi) is 3.78. The second-order valence-electron chi connectivity index (χ2n) is 6.16. The minimum absolute atomic E-state index is 0.108. The molecule has 0 bridgehead atoms. The van der Waals surface area contributed by atoms with Crippen LogP contribution in [0.2, 0.25) is 0 Å². The van der Waals surface area contributed by atoms with E-state index in [0.29, 0.717) is 10.6 Å². The van der Waals surface area contributed by atoms with Crippen molar-refractivity contribution >= 4 is 28.4 Å². The zero-order chi connectivity index (χ0) is 15.1. The Labute approximate surface area is 134 Å². The van der Waals surface area contributed by atoms with Gasteiger partial charge in [-0.1, -0.05) is 12.1 Å². The molecule has 2 saturated heterocycles. The van der Waals surface area contributed by atoms with E-state index in [9.17, 15) is 5.11 Å². The van der Waals surface area contributed by atoms with E-state index in [1.165, 1.54) is 16.6 Å². The summed E-state index contributed by atoms with van der Waals surface area (Å²) in [4.78, 5) is 5.90. The molecule has 2 atom stereocenters.